The van der Waals surface area contributed by atoms with Crippen LogP contribution in [0.1, 0.15) is 45.7 Å². The Kier molecular flexibility index (Phi) is 5.70. The molecular weight excluding hydrogens is 318 g/mol. The Morgan fingerprint density at radius 2 is 1.76 bits per heavy atom. The van der Waals surface area contributed by atoms with Crippen molar-refractivity contribution in [2.45, 2.75) is 33.8 Å². The van der Waals surface area contributed by atoms with Crippen molar-refractivity contribution in [3.63, 3.8) is 0 Å². The monoisotopic (exact) mass is 339 g/mol. The predicted octanol–water partition coefficient (Wildman–Crippen LogP) is 3.69. The van der Waals surface area contributed by atoms with Gasteiger partial charge in [0.25, 0.3) is 5.91 Å². The molecule has 0 fully saturated rings. The van der Waals surface area contributed by atoms with Crippen LogP contribution in [-0.2, 0) is 9.53 Å². The molecule has 1 N–H and O–H groups in total. The van der Waals surface area contributed by atoms with Crippen LogP contribution in [0.4, 0.5) is 5.69 Å². The third-order valence-corrected chi connectivity index (χ3v) is 3.79. The van der Waals surface area contributed by atoms with Crippen molar-refractivity contribution in [3.05, 3.63) is 64.7 Å². The van der Waals surface area contributed by atoms with E-state index < -0.39 is 18.0 Å². The second-order valence-corrected chi connectivity index (χ2v) is 5.99. The molecule has 0 saturated carbocycles. The lowest BCUT2D eigenvalue weighted by molar-refractivity contribution is -0.123. The average molecular weight is 339 g/mol. The minimum atomic E-state index is -0.964. The van der Waals surface area contributed by atoms with Crippen LogP contribution in [0.15, 0.2) is 42.5 Å². The third kappa shape index (κ3) is 4.76. The van der Waals surface area contributed by atoms with E-state index in [2.05, 4.69) is 5.32 Å². The summed E-state index contributed by atoms with van der Waals surface area (Å²) in [6, 6.07) is 12.0. The number of hydrogen-bond donors (Lipinski definition) is 1. The number of rotatable bonds is 5. The molecule has 2 rings (SSSR count). The molecule has 5 heteroatoms. The minimum absolute atomic E-state index is 0.0922. The molecule has 2 aromatic rings. The Morgan fingerprint density at radius 3 is 2.40 bits per heavy atom. The van der Waals surface area contributed by atoms with Crippen LogP contribution in [-0.4, -0.2) is 23.8 Å². The molecule has 0 unspecified atom stereocenters. The summed E-state index contributed by atoms with van der Waals surface area (Å²) in [6.07, 6.45) is -0.964. The number of anilines is 1. The normalized spacial score (nSPS) is 11.5. The van der Waals surface area contributed by atoms with Crippen LogP contribution in [0.5, 0.6) is 0 Å². The van der Waals surface area contributed by atoms with Crippen LogP contribution < -0.4 is 5.32 Å². The van der Waals surface area contributed by atoms with Gasteiger partial charge in [0.05, 0.1) is 5.56 Å². The van der Waals surface area contributed by atoms with Gasteiger partial charge in [-0.3, -0.25) is 9.59 Å². The van der Waals surface area contributed by atoms with Crippen LogP contribution in [0.25, 0.3) is 0 Å². The van der Waals surface area contributed by atoms with Gasteiger partial charge in [0.1, 0.15) is 0 Å². The zero-order valence-electron chi connectivity index (χ0n) is 14.8. The number of hydrogen-bond acceptors (Lipinski definition) is 4. The first-order valence-electron chi connectivity index (χ1n) is 7.98. The number of benzene rings is 2. The molecule has 0 radical (unpaired) electrons. The summed E-state index contributed by atoms with van der Waals surface area (Å²) in [6.45, 7) is 6.72. The van der Waals surface area contributed by atoms with Crippen LogP contribution in [0, 0.1) is 13.8 Å². The van der Waals surface area contributed by atoms with E-state index in [4.69, 9.17) is 4.74 Å². The second-order valence-electron chi connectivity index (χ2n) is 5.99. The minimum Gasteiger partial charge on any atom is -0.449 e. The molecule has 1 amide bonds. The number of aryl methyl sites for hydroxylation is 2. The van der Waals surface area contributed by atoms with E-state index >= 15 is 0 Å². The van der Waals surface area contributed by atoms with Gasteiger partial charge in [-0.2, -0.15) is 0 Å². The molecule has 0 spiro atoms. The summed E-state index contributed by atoms with van der Waals surface area (Å²) in [5.41, 5.74) is 3.26. The van der Waals surface area contributed by atoms with E-state index in [0.717, 1.165) is 11.1 Å². The third-order valence-electron chi connectivity index (χ3n) is 3.79. The highest BCUT2D eigenvalue weighted by molar-refractivity contribution is 5.99. The summed E-state index contributed by atoms with van der Waals surface area (Å²) in [5, 5.41) is 2.65. The summed E-state index contributed by atoms with van der Waals surface area (Å²) in [5.74, 6) is -1.10. The maximum Gasteiger partial charge on any atom is 0.339 e. The van der Waals surface area contributed by atoms with Gasteiger partial charge in [-0.05, 0) is 51.5 Å². The van der Waals surface area contributed by atoms with Crippen LogP contribution >= 0.6 is 0 Å². The van der Waals surface area contributed by atoms with Crippen molar-refractivity contribution in [2.75, 3.05) is 5.32 Å². The van der Waals surface area contributed by atoms with E-state index in [-0.39, 0.29) is 5.78 Å². The first-order valence-corrected chi connectivity index (χ1v) is 7.98. The van der Waals surface area contributed by atoms with E-state index in [1.165, 1.54) is 13.8 Å². The topological polar surface area (TPSA) is 72.5 Å². The number of Topliss-reactive ketones (excluding diaryl/α,β-unsaturated/α-hetero) is 1. The van der Waals surface area contributed by atoms with Gasteiger partial charge in [0.15, 0.2) is 11.9 Å². The number of ketones is 1. The summed E-state index contributed by atoms with van der Waals surface area (Å²) in [4.78, 5) is 35.9. The quantitative estimate of drug-likeness (QED) is 0.666. The first-order chi connectivity index (χ1) is 11.8. The summed E-state index contributed by atoms with van der Waals surface area (Å²) in [7, 11) is 0. The van der Waals surface area contributed by atoms with Crippen LogP contribution in [0.2, 0.25) is 0 Å². The second kappa shape index (κ2) is 7.75. The molecule has 2 aromatic carbocycles. The lowest BCUT2D eigenvalue weighted by Gasteiger charge is -2.15. The SMILES string of the molecule is CC(=O)c1cccc(NC(=O)[C@@H](C)OC(=O)c2ccc(C)cc2C)c1. The van der Waals surface area contributed by atoms with Crippen molar-refractivity contribution < 1.29 is 19.1 Å². The molecule has 130 valence electrons. The fraction of sp³-hybridized carbons (Fsp3) is 0.250. The van der Waals surface area contributed by atoms with Gasteiger partial charge < -0.3 is 10.1 Å². The van der Waals surface area contributed by atoms with Gasteiger partial charge in [-0.25, -0.2) is 4.79 Å². The Bertz CT molecular complexity index is 826. The van der Waals surface area contributed by atoms with E-state index in [1.54, 1.807) is 30.3 Å². The first kappa shape index (κ1) is 18.4. The zero-order chi connectivity index (χ0) is 18.6. The molecule has 0 aliphatic heterocycles. The molecule has 0 aliphatic rings. The highest BCUT2D eigenvalue weighted by atomic mass is 16.5. The Balaban J connectivity index is 2.03. The van der Waals surface area contributed by atoms with Gasteiger partial charge >= 0.3 is 5.97 Å². The molecule has 0 aromatic heterocycles. The van der Waals surface area contributed by atoms with Crippen LogP contribution in [0.3, 0.4) is 0 Å². The number of amides is 1. The lowest BCUT2D eigenvalue weighted by atomic mass is 10.1. The lowest BCUT2D eigenvalue weighted by Crippen LogP contribution is -2.30. The average Bonchev–Trinajstić information content (AvgIpc) is 2.54. The molecule has 1 atom stereocenters. The van der Waals surface area contributed by atoms with Crippen molar-refractivity contribution in [3.8, 4) is 0 Å². The molecule has 0 aliphatic carbocycles. The van der Waals surface area contributed by atoms with Gasteiger partial charge in [0, 0.05) is 11.3 Å². The summed E-state index contributed by atoms with van der Waals surface area (Å²) < 4.78 is 5.25. The zero-order valence-corrected chi connectivity index (χ0v) is 14.8. The number of esters is 1. The number of carbonyl (C=O) groups excluding carboxylic acids is 3. The molecule has 0 bridgehead atoms. The number of ether oxygens (including phenoxy) is 1. The largest absolute Gasteiger partial charge is 0.449 e. The molecule has 0 heterocycles. The highest BCUT2D eigenvalue weighted by Crippen LogP contribution is 2.15. The van der Waals surface area contributed by atoms with Crippen molar-refractivity contribution >= 4 is 23.3 Å². The van der Waals surface area contributed by atoms with E-state index in [0.29, 0.717) is 16.8 Å². The highest BCUT2D eigenvalue weighted by Gasteiger charge is 2.20. The molecule has 0 saturated heterocycles. The predicted molar refractivity (Wildman–Crippen MR) is 95.9 cm³/mol. The number of nitrogens with one attached hydrogen (secondary N) is 1. The van der Waals surface area contributed by atoms with Gasteiger partial charge in [-0.1, -0.05) is 29.8 Å². The summed E-state index contributed by atoms with van der Waals surface area (Å²) >= 11 is 0. The van der Waals surface area contributed by atoms with Gasteiger partial charge in [-0.15, -0.1) is 0 Å². The fourth-order valence-corrected chi connectivity index (χ4v) is 2.38. The van der Waals surface area contributed by atoms with Crippen molar-refractivity contribution in [2.24, 2.45) is 0 Å². The fourth-order valence-electron chi connectivity index (χ4n) is 2.38. The molecule has 5 nitrogen and oxygen atoms in total. The maximum atomic E-state index is 12.2. The smallest absolute Gasteiger partial charge is 0.339 e. The Morgan fingerprint density at radius 1 is 1.04 bits per heavy atom. The van der Waals surface area contributed by atoms with E-state index in [9.17, 15) is 14.4 Å². The molecular formula is C20H21NO4. The van der Waals surface area contributed by atoms with E-state index in [1.807, 2.05) is 26.0 Å². The van der Waals surface area contributed by atoms with Crippen molar-refractivity contribution in [1.82, 2.24) is 0 Å². The Labute approximate surface area is 147 Å². The Hall–Kier alpha value is -2.95. The number of carbonyl (C=O) groups is 3. The van der Waals surface area contributed by atoms with Crippen molar-refractivity contribution in [1.29, 1.82) is 0 Å². The molecule has 25 heavy (non-hydrogen) atoms. The standard InChI is InChI=1S/C20H21NO4/c1-12-8-9-18(13(2)10-12)20(24)25-15(4)19(23)21-17-7-5-6-16(11-17)14(3)22/h5-11,15H,1-4H3,(H,21,23)/t15-/m1/s1. The van der Waals surface area contributed by atoms with Gasteiger partial charge in [0.2, 0.25) is 0 Å². The maximum absolute atomic E-state index is 12.2.